The number of carbonyl (C=O) groups excluding carboxylic acids is 1. The third kappa shape index (κ3) is 4.52. The third-order valence-corrected chi connectivity index (χ3v) is 4.97. The van der Waals surface area contributed by atoms with Crippen molar-refractivity contribution < 1.29 is 13.2 Å². The maximum absolute atomic E-state index is 12.0. The molecule has 20 heavy (non-hydrogen) atoms. The molecule has 8 heteroatoms. The Labute approximate surface area is 132 Å². The van der Waals surface area contributed by atoms with Crippen molar-refractivity contribution in [2.45, 2.75) is 25.2 Å². The van der Waals surface area contributed by atoms with E-state index in [1.165, 1.54) is 0 Å². The van der Waals surface area contributed by atoms with Crippen molar-refractivity contribution in [2.24, 2.45) is 5.92 Å². The van der Waals surface area contributed by atoms with Gasteiger partial charge in [-0.3, -0.25) is 4.79 Å². The highest BCUT2D eigenvalue weighted by atomic mass is 35.7. The second kappa shape index (κ2) is 6.98. The summed E-state index contributed by atoms with van der Waals surface area (Å²) in [6.45, 7) is 4.44. The molecule has 4 nitrogen and oxygen atoms in total. The van der Waals surface area contributed by atoms with E-state index in [2.05, 4.69) is 5.32 Å². The van der Waals surface area contributed by atoms with Gasteiger partial charge in [-0.25, -0.2) is 8.42 Å². The molecule has 112 valence electrons. The lowest BCUT2D eigenvalue weighted by molar-refractivity contribution is 0.0948. The highest BCUT2D eigenvalue weighted by Crippen LogP contribution is 2.30. The standard InChI is InChI=1S/C12H14Cl3NO3S/c1-3-7(2)6-16-12(17)9-4-8(20(15,18)19)5-10(13)11(9)14/h4-5,7H,3,6H2,1-2H3,(H,16,17). The largest absolute Gasteiger partial charge is 0.352 e. The van der Waals surface area contributed by atoms with Crippen molar-refractivity contribution in [3.05, 3.63) is 27.7 Å². The smallest absolute Gasteiger partial charge is 0.261 e. The van der Waals surface area contributed by atoms with Crippen molar-refractivity contribution in [1.29, 1.82) is 0 Å². The van der Waals surface area contributed by atoms with Gasteiger partial charge >= 0.3 is 0 Å². The number of rotatable bonds is 5. The molecule has 1 aromatic rings. The van der Waals surface area contributed by atoms with Crippen LogP contribution in [0.5, 0.6) is 0 Å². The first kappa shape index (κ1) is 17.6. The van der Waals surface area contributed by atoms with E-state index < -0.39 is 15.0 Å². The normalized spacial score (nSPS) is 13.1. The van der Waals surface area contributed by atoms with Crippen molar-refractivity contribution in [3.8, 4) is 0 Å². The molecular formula is C12H14Cl3NO3S. The first-order chi connectivity index (χ1) is 9.16. The predicted molar refractivity (Wildman–Crippen MR) is 81.3 cm³/mol. The Morgan fingerprint density at radius 2 is 1.95 bits per heavy atom. The minimum atomic E-state index is -3.98. The topological polar surface area (TPSA) is 63.2 Å². The summed E-state index contributed by atoms with van der Waals surface area (Å²) < 4.78 is 22.6. The fourth-order valence-electron chi connectivity index (χ4n) is 1.38. The molecule has 0 spiro atoms. The Balaban J connectivity index is 3.11. The number of benzene rings is 1. The van der Waals surface area contributed by atoms with Crippen LogP contribution >= 0.6 is 33.9 Å². The van der Waals surface area contributed by atoms with Crippen LogP contribution < -0.4 is 5.32 Å². The summed E-state index contributed by atoms with van der Waals surface area (Å²) in [7, 11) is 1.26. The molecule has 0 radical (unpaired) electrons. The van der Waals surface area contributed by atoms with Gasteiger partial charge in [-0.2, -0.15) is 0 Å². The van der Waals surface area contributed by atoms with Crippen LogP contribution in [0.25, 0.3) is 0 Å². The van der Waals surface area contributed by atoms with E-state index in [1.807, 2.05) is 13.8 Å². The van der Waals surface area contributed by atoms with Crippen molar-refractivity contribution in [1.82, 2.24) is 5.32 Å². The van der Waals surface area contributed by atoms with Crippen molar-refractivity contribution in [2.75, 3.05) is 6.54 Å². The van der Waals surface area contributed by atoms with Crippen LogP contribution in [-0.2, 0) is 9.05 Å². The van der Waals surface area contributed by atoms with Crippen LogP contribution in [0.15, 0.2) is 17.0 Å². The van der Waals surface area contributed by atoms with Gasteiger partial charge in [-0.1, -0.05) is 43.5 Å². The SMILES string of the molecule is CCC(C)CNC(=O)c1cc(S(=O)(=O)Cl)cc(Cl)c1Cl. The first-order valence-corrected chi connectivity index (χ1v) is 8.95. The summed E-state index contributed by atoms with van der Waals surface area (Å²) in [5.41, 5.74) is -0.0123. The van der Waals surface area contributed by atoms with Gasteiger partial charge in [0.2, 0.25) is 0 Å². The van der Waals surface area contributed by atoms with E-state index in [9.17, 15) is 13.2 Å². The second-order valence-corrected chi connectivity index (χ2v) is 7.78. The van der Waals surface area contributed by atoms with Crippen LogP contribution in [0.1, 0.15) is 30.6 Å². The summed E-state index contributed by atoms with van der Waals surface area (Å²) in [6, 6.07) is 2.22. The molecule has 0 fully saturated rings. The Morgan fingerprint density at radius 1 is 1.35 bits per heavy atom. The summed E-state index contributed by atoms with van der Waals surface area (Å²) in [5, 5.41) is 2.63. The van der Waals surface area contributed by atoms with E-state index >= 15 is 0 Å². The van der Waals surface area contributed by atoms with Gasteiger partial charge in [0.15, 0.2) is 0 Å². The molecule has 0 aliphatic rings. The summed E-state index contributed by atoms with van der Waals surface area (Å²) >= 11 is 11.8. The molecule has 0 saturated heterocycles. The van der Waals surface area contributed by atoms with E-state index in [0.717, 1.165) is 18.6 Å². The lowest BCUT2D eigenvalue weighted by atomic mass is 10.1. The molecular weight excluding hydrogens is 345 g/mol. The maximum atomic E-state index is 12.0. The van der Waals surface area contributed by atoms with Crippen molar-refractivity contribution in [3.63, 3.8) is 0 Å². The Kier molecular flexibility index (Phi) is 6.13. The molecule has 1 atom stereocenters. The van der Waals surface area contributed by atoms with Gasteiger partial charge in [0.25, 0.3) is 15.0 Å². The lowest BCUT2D eigenvalue weighted by Crippen LogP contribution is -2.28. The Hall–Kier alpha value is -0.490. The summed E-state index contributed by atoms with van der Waals surface area (Å²) in [4.78, 5) is 11.8. The second-order valence-electron chi connectivity index (χ2n) is 4.43. The van der Waals surface area contributed by atoms with Gasteiger partial charge < -0.3 is 5.32 Å². The van der Waals surface area contributed by atoms with E-state index in [-0.39, 0.29) is 20.5 Å². The third-order valence-electron chi connectivity index (χ3n) is 2.84. The zero-order chi connectivity index (χ0) is 15.5. The average Bonchev–Trinajstić information content (AvgIpc) is 2.37. The Morgan fingerprint density at radius 3 is 2.45 bits per heavy atom. The molecule has 1 amide bonds. The van der Waals surface area contributed by atoms with Crippen LogP contribution in [0.2, 0.25) is 10.0 Å². The number of nitrogens with one attached hydrogen (secondary N) is 1. The highest BCUT2D eigenvalue weighted by molar-refractivity contribution is 8.13. The summed E-state index contributed by atoms with van der Waals surface area (Å²) in [5.74, 6) is -0.187. The molecule has 0 aromatic heterocycles. The number of amides is 1. The van der Waals surface area contributed by atoms with Crippen LogP contribution in [-0.4, -0.2) is 20.9 Å². The molecule has 1 rings (SSSR count). The van der Waals surface area contributed by atoms with Crippen LogP contribution in [0.4, 0.5) is 0 Å². The number of hydrogen-bond acceptors (Lipinski definition) is 3. The number of carbonyl (C=O) groups is 1. The van der Waals surface area contributed by atoms with Crippen molar-refractivity contribution >= 4 is 48.8 Å². The molecule has 0 bridgehead atoms. The molecule has 0 heterocycles. The van der Waals surface area contributed by atoms with Gasteiger partial charge in [0.05, 0.1) is 20.5 Å². The fourth-order valence-corrected chi connectivity index (χ4v) is 2.64. The van der Waals surface area contributed by atoms with Crippen LogP contribution in [0, 0.1) is 5.92 Å². The van der Waals surface area contributed by atoms with E-state index in [0.29, 0.717) is 12.5 Å². The van der Waals surface area contributed by atoms with Gasteiger partial charge in [-0.05, 0) is 18.1 Å². The monoisotopic (exact) mass is 357 g/mol. The molecule has 1 aromatic carbocycles. The first-order valence-electron chi connectivity index (χ1n) is 5.88. The van der Waals surface area contributed by atoms with Gasteiger partial charge in [0.1, 0.15) is 0 Å². The van der Waals surface area contributed by atoms with E-state index in [4.69, 9.17) is 33.9 Å². The molecule has 0 saturated carbocycles. The summed E-state index contributed by atoms with van der Waals surface area (Å²) in [6.07, 6.45) is 0.908. The fraction of sp³-hybridized carbons (Fsp3) is 0.417. The minimum Gasteiger partial charge on any atom is -0.352 e. The maximum Gasteiger partial charge on any atom is 0.261 e. The van der Waals surface area contributed by atoms with Gasteiger partial charge in [-0.15, -0.1) is 0 Å². The molecule has 0 aliphatic heterocycles. The predicted octanol–water partition coefficient (Wildman–Crippen LogP) is 3.70. The van der Waals surface area contributed by atoms with Gasteiger partial charge in [0, 0.05) is 17.2 Å². The highest BCUT2D eigenvalue weighted by Gasteiger charge is 2.20. The Bertz CT molecular complexity index is 617. The lowest BCUT2D eigenvalue weighted by Gasteiger charge is -2.12. The zero-order valence-electron chi connectivity index (χ0n) is 10.9. The molecule has 0 aliphatic carbocycles. The minimum absolute atomic E-state index is 0.00242. The number of hydrogen-bond donors (Lipinski definition) is 1. The quantitative estimate of drug-likeness (QED) is 0.816. The number of halogens is 3. The van der Waals surface area contributed by atoms with E-state index in [1.54, 1.807) is 0 Å². The molecule has 1 N–H and O–H groups in total. The molecule has 1 unspecified atom stereocenters. The van der Waals surface area contributed by atoms with Crippen LogP contribution in [0.3, 0.4) is 0 Å². The zero-order valence-corrected chi connectivity index (χ0v) is 14.0. The average molecular weight is 359 g/mol.